The fraction of sp³-hybridized carbons (Fsp3) is 0.250. The maximum Gasteiger partial charge on any atom is 0.255 e. The molecule has 0 radical (unpaired) electrons. The zero-order valence-corrected chi connectivity index (χ0v) is 16.2. The third-order valence-electron chi connectivity index (χ3n) is 4.96. The molecule has 5 nitrogen and oxygen atoms in total. The van der Waals surface area contributed by atoms with Crippen molar-refractivity contribution in [2.75, 3.05) is 5.32 Å². The Bertz CT molecular complexity index is 919. The summed E-state index contributed by atoms with van der Waals surface area (Å²) >= 11 is 0. The molecule has 0 spiro atoms. The molecule has 0 unspecified atom stereocenters. The van der Waals surface area contributed by atoms with Crippen LogP contribution in [0.5, 0.6) is 11.5 Å². The predicted molar refractivity (Wildman–Crippen MR) is 112 cm³/mol. The molecule has 148 valence electrons. The molecular weight excluding hydrogens is 364 g/mol. The van der Waals surface area contributed by atoms with E-state index >= 15 is 0 Å². The zero-order chi connectivity index (χ0) is 19.9. The number of benzene rings is 2. The highest BCUT2D eigenvalue weighted by Crippen LogP contribution is 2.25. The van der Waals surface area contributed by atoms with E-state index in [0.29, 0.717) is 24.0 Å². The van der Waals surface area contributed by atoms with Crippen molar-refractivity contribution < 1.29 is 14.3 Å². The molecule has 1 amide bonds. The van der Waals surface area contributed by atoms with Crippen molar-refractivity contribution in [1.29, 1.82) is 0 Å². The van der Waals surface area contributed by atoms with Gasteiger partial charge in [-0.2, -0.15) is 0 Å². The number of aromatic nitrogens is 1. The van der Waals surface area contributed by atoms with Crippen molar-refractivity contribution in [2.24, 2.45) is 0 Å². The molecule has 0 aliphatic heterocycles. The number of anilines is 1. The minimum Gasteiger partial charge on any atom is -0.490 e. The Morgan fingerprint density at radius 1 is 0.966 bits per heavy atom. The number of pyridine rings is 1. The van der Waals surface area contributed by atoms with Gasteiger partial charge >= 0.3 is 0 Å². The van der Waals surface area contributed by atoms with Gasteiger partial charge in [-0.15, -0.1) is 0 Å². The summed E-state index contributed by atoms with van der Waals surface area (Å²) in [5.74, 6) is 1.40. The van der Waals surface area contributed by atoms with Crippen molar-refractivity contribution >= 4 is 11.6 Å². The van der Waals surface area contributed by atoms with Gasteiger partial charge in [0.2, 0.25) is 0 Å². The molecule has 29 heavy (non-hydrogen) atoms. The maximum atomic E-state index is 12.5. The second kappa shape index (κ2) is 9.24. The quantitative estimate of drug-likeness (QED) is 0.602. The fourth-order valence-corrected chi connectivity index (χ4v) is 3.37. The van der Waals surface area contributed by atoms with Gasteiger partial charge in [-0.3, -0.25) is 9.78 Å². The van der Waals surface area contributed by atoms with E-state index in [-0.39, 0.29) is 5.91 Å². The number of amides is 1. The van der Waals surface area contributed by atoms with Crippen LogP contribution < -0.4 is 14.8 Å². The first-order valence-electron chi connectivity index (χ1n) is 9.96. The number of rotatable bonds is 7. The minimum atomic E-state index is -0.159. The predicted octanol–water partition coefficient (Wildman–Crippen LogP) is 5.23. The average molecular weight is 388 g/mol. The second-order valence-corrected chi connectivity index (χ2v) is 7.18. The summed E-state index contributed by atoms with van der Waals surface area (Å²) in [6, 6.07) is 18.5. The smallest absolute Gasteiger partial charge is 0.255 e. The van der Waals surface area contributed by atoms with E-state index in [1.807, 2.05) is 36.4 Å². The molecule has 3 aromatic rings. The summed E-state index contributed by atoms with van der Waals surface area (Å²) in [5.41, 5.74) is 2.31. The van der Waals surface area contributed by atoms with Gasteiger partial charge in [0.25, 0.3) is 5.91 Å². The monoisotopic (exact) mass is 388 g/mol. The van der Waals surface area contributed by atoms with Gasteiger partial charge in [0.1, 0.15) is 18.1 Å². The van der Waals surface area contributed by atoms with Crippen LogP contribution in [0.3, 0.4) is 0 Å². The number of carbonyl (C=O) groups is 1. The van der Waals surface area contributed by atoms with Crippen molar-refractivity contribution in [3.05, 3.63) is 84.2 Å². The third kappa shape index (κ3) is 5.35. The van der Waals surface area contributed by atoms with Crippen LogP contribution in [0.15, 0.2) is 73.1 Å². The van der Waals surface area contributed by atoms with E-state index in [1.165, 1.54) is 12.8 Å². The molecule has 2 aromatic carbocycles. The van der Waals surface area contributed by atoms with Crippen LogP contribution in [-0.4, -0.2) is 17.0 Å². The van der Waals surface area contributed by atoms with Crippen LogP contribution in [0, 0.1) is 0 Å². The molecule has 1 fully saturated rings. The Balaban J connectivity index is 1.29. The molecule has 0 atom stereocenters. The Morgan fingerprint density at radius 3 is 2.38 bits per heavy atom. The number of hydrogen-bond acceptors (Lipinski definition) is 4. The van der Waals surface area contributed by atoms with Crippen LogP contribution in [-0.2, 0) is 6.61 Å². The first-order valence-corrected chi connectivity index (χ1v) is 9.96. The summed E-state index contributed by atoms with van der Waals surface area (Å²) in [7, 11) is 0. The molecule has 1 N–H and O–H groups in total. The minimum absolute atomic E-state index is 0.159. The molecule has 1 aliphatic rings. The molecule has 1 saturated carbocycles. The lowest BCUT2D eigenvalue weighted by Crippen LogP contribution is -2.12. The highest BCUT2D eigenvalue weighted by Gasteiger charge is 2.16. The van der Waals surface area contributed by atoms with Crippen LogP contribution in [0.25, 0.3) is 0 Å². The number of hydrogen-bond donors (Lipinski definition) is 1. The van der Waals surface area contributed by atoms with E-state index in [0.717, 1.165) is 29.8 Å². The van der Waals surface area contributed by atoms with Crippen molar-refractivity contribution in [3.63, 3.8) is 0 Å². The molecule has 0 saturated heterocycles. The Hall–Kier alpha value is -3.34. The van der Waals surface area contributed by atoms with E-state index in [1.54, 1.807) is 36.7 Å². The SMILES string of the molecule is O=C(Nc1ccc(OC2CCCC2)cc1)c1ccc(OCc2cccnc2)cc1. The fourth-order valence-electron chi connectivity index (χ4n) is 3.37. The first kappa shape index (κ1) is 19.0. The van der Waals surface area contributed by atoms with Gasteiger partial charge in [-0.25, -0.2) is 0 Å². The van der Waals surface area contributed by atoms with E-state index in [9.17, 15) is 4.79 Å². The van der Waals surface area contributed by atoms with Gasteiger partial charge < -0.3 is 14.8 Å². The van der Waals surface area contributed by atoms with E-state index in [4.69, 9.17) is 9.47 Å². The van der Waals surface area contributed by atoms with Gasteiger partial charge in [0, 0.05) is 29.2 Å². The topological polar surface area (TPSA) is 60.5 Å². The number of ether oxygens (including phenoxy) is 2. The zero-order valence-electron chi connectivity index (χ0n) is 16.2. The second-order valence-electron chi connectivity index (χ2n) is 7.18. The Labute approximate surface area is 170 Å². The third-order valence-corrected chi connectivity index (χ3v) is 4.96. The van der Waals surface area contributed by atoms with Gasteiger partial charge in [-0.05, 0) is 80.3 Å². The highest BCUT2D eigenvalue weighted by atomic mass is 16.5. The molecule has 0 bridgehead atoms. The first-order chi connectivity index (χ1) is 14.3. The highest BCUT2D eigenvalue weighted by molar-refractivity contribution is 6.04. The number of nitrogens with one attached hydrogen (secondary N) is 1. The van der Waals surface area contributed by atoms with E-state index in [2.05, 4.69) is 10.3 Å². The summed E-state index contributed by atoms with van der Waals surface area (Å²) < 4.78 is 11.7. The number of carbonyl (C=O) groups excluding carboxylic acids is 1. The molecular formula is C24H24N2O3. The van der Waals surface area contributed by atoms with Crippen LogP contribution >= 0.6 is 0 Å². The standard InChI is InChI=1S/C24H24N2O3/c27-24(26-20-9-13-23(14-10-20)29-22-5-1-2-6-22)19-7-11-21(12-8-19)28-17-18-4-3-15-25-16-18/h3-4,7-16,22H,1-2,5-6,17H2,(H,26,27). The molecule has 1 heterocycles. The molecule has 5 heteroatoms. The summed E-state index contributed by atoms with van der Waals surface area (Å²) in [5, 5.41) is 2.91. The van der Waals surface area contributed by atoms with E-state index < -0.39 is 0 Å². The molecule has 1 aromatic heterocycles. The van der Waals surface area contributed by atoms with Crippen LogP contribution in [0.1, 0.15) is 41.6 Å². The average Bonchev–Trinajstić information content (AvgIpc) is 3.28. The lowest BCUT2D eigenvalue weighted by Gasteiger charge is -2.13. The lowest BCUT2D eigenvalue weighted by molar-refractivity contribution is 0.102. The summed E-state index contributed by atoms with van der Waals surface area (Å²) in [6.45, 7) is 0.439. The Morgan fingerprint density at radius 2 is 1.69 bits per heavy atom. The van der Waals surface area contributed by atoms with Crippen molar-refractivity contribution in [2.45, 2.75) is 38.4 Å². The van der Waals surface area contributed by atoms with Crippen LogP contribution in [0.2, 0.25) is 0 Å². The normalized spacial score (nSPS) is 13.8. The van der Waals surface area contributed by atoms with Crippen LogP contribution in [0.4, 0.5) is 5.69 Å². The van der Waals surface area contributed by atoms with Gasteiger partial charge in [0.15, 0.2) is 0 Å². The van der Waals surface area contributed by atoms with Gasteiger partial charge in [-0.1, -0.05) is 6.07 Å². The summed E-state index contributed by atoms with van der Waals surface area (Å²) in [6.07, 6.45) is 8.56. The number of nitrogens with zero attached hydrogens (tertiary/aromatic N) is 1. The largest absolute Gasteiger partial charge is 0.490 e. The maximum absolute atomic E-state index is 12.5. The van der Waals surface area contributed by atoms with Crippen molar-refractivity contribution in [1.82, 2.24) is 4.98 Å². The van der Waals surface area contributed by atoms with Crippen molar-refractivity contribution in [3.8, 4) is 11.5 Å². The summed E-state index contributed by atoms with van der Waals surface area (Å²) in [4.78, 5) is 16.5. The Kier molecular flexibility index (Phi) is 6.05. The lowest BCUT2D eigenvalue weighted by atomic mass is 10.2. The molecule has 1 aliphatic carbocycles. The van der Waals surface area contributed by atoms with Gasteiger partial charge in [0.05, 0.1) is 6.10 Å². The molecule has 4 rings (SSSR count).